The minimum Gasteiger partial charge on any atom is -0.341 e. The Labute approximate surface area is 180 Å². The Morgan fingerprint density at radius 3 is 2.93 bits per heavy atom. The maximum absolute atomic E-state index is 5.78. The van der Waals surface area contributed by atoms with Gasteiger partial charge in [0.15, 0.2) is 0 Å². The predicted octanol–water partition coefficient (Wildman–Crippen LogP) is 4.92. The van der Waals surface area contributed by atoms with Crippen molar-refractivity contribution in [3.8, 4) is 0 Å². The Hall–Kier alpha value is -2.24. The molecule has 4 rings (SSSR count). The first-order chi connectivity index (χ1) is 14.8. The molecule has 0 saturated heterocycles. The van der Waals surface area contributed by atoms with Gasteiger partial charge in [0.1, 0.15) is 5.82 Å². The lowest BCUT2D eigenvalue weighted by Gasteiger charge is -2.35. The number of nitrogens with two attached hydrogens (primary N) is 1. The van der Waals surface area contributed by atoms with Gasteiger partial charge in [-0.1, -0.05) is 31.5 Å². The summed E-state index contributed by atoms with van der Waals surface area (Å²) in [5.74, 6) is 1.04. The third kappa shape index (κ3) is 4.90. The monoisotopic (exact) mass is 405 g/mol. The number of hydrogen-bond donors (Lipinski definition) is 2. The fourth-order valence-electron chi connectivity index (χ4n) is 4.64. The first-order valence-electron chi connectivity index (χ1n) is 11.6. The zero-order chi connectivity index (χ0) is 20.8. The van der Waals surface area contributed by atoms with Gasteiger partial charge in [-0.05, 0) is 81.3 Å². The molecule has 3 aromatic rings. The van der Waals surface area contributed by atoms with Gasteiger partial charge in [0, 0.05) is 6.20 Å². The van der Waals surface area contributed by atoms with Crippen LogP contribution in [-0.4, -0.2) is 32.9 Å². The number of H-pyrrole nitrogens is 1. The van der Waals surface area contributed by atoms with E-state index in [0.29, 0.717) is 6.04 Å². The van der Waals surface area contributed by atoms with Crippen molar-refractivity contribution in [3.05, 3.63) is 59.2 Å². The molecule has 160 valence electrons. The molecule has 0 unspecified atom stereocenters. The van der Waals surface area contributed by atoms with E-state index in [4.69, 9.17) is 15.7 Å². The lowest BCUT2D eigenvalue weighted by atomic mass is 9.89. The van der Waals surface area contributed by atoms with Crippen molar-refractivity contribution in [3.63, 3.8) is 0 Å². The van der Waals surface area contributed by atoms with Crippen molar-refractivity contribution >= 4 is 11.0 Å². The molecule has 1 atom stereocenters. The molecule has 2 heterocycles. The minimum absolute atomic E-state index is 0.361. The Morgan fingerprint density at radius 2 is 2.10 bits per heavy atom. The summed E-state index contributed by atoms with van der Waals surface area (Å²) in [5, 5.41) is 0. The number of aromatic amines is 1. The number of aromatic nitrogens is 3. The van der Waals surface area contributed by atoms with Crippen LogP contribution in [0, 0.1) is 0 Å². The van der Waals surface area contributed by atoms with E-state index in [1.165, 1.54) is 36.1 Å². The van der Waals surface area contributed by atoms with E-state index >= 15 is 0 Å². The molecule has 0 aliphatic heterocycles. The number of imidazole rings is 1. The Bertz CT molecular complexity index is 915. The van der Waals surface area contributed by atoms with Crippen LogP contribution in [0.2, 0.25) is 0 Å². The first-order valence-corrected chi connectivity index (χ1v) is 11.6. The summed E-state index contributed by atoms with van der Waals surface area (Å²) < 4.78 is 0. The molecular weight excluding hydrogens is 370 g/mol. The molecule has 3 N–H and O–H groups in total. The van der Waals surface area contributed by atoms with E-state index < -0.39 is 0 Å². The highest BCUT2D eigenvalue weighted by atomic mass is 15.2. The molecule has 5 nitrogen and oxygen atoms in total. The second-order valence-electron chi connectivity index (χ2n) is 8.57. The molecule has 0 bridgehead atoms. The van der Waals surface area contributed by atoms with E-state index in [1.807, 2.05) is 6.07 Å². The molecule has 1 aromatic carbocycles. The average Bonchev–Trinajstić information content (AvgIpc) is 3.19. The first kappa shape index (κ1) is 21.0. The highest BCUT2D eigenvalue weighted by Gasteiger charge is 2.28. The fraction of sp³-hybridized carbons (Fsp3) is 0.520. The van der Waals surface area contributed by atoms with Gasteiger partial charge in [-0.2, -0.15) is 0 Å². The molecule has 5 heteroatoms. The maximum atomic E-state index is 5.78. The minimum atomic E-state index is 0.361. The summed E-state index contributed by atoms with van der Waals surface area (Å²) in [6.07, 6.45) is 11.4. The smallest absolute Gasteiger partial charge is 0.121 e. The van der Waals surface area contributed by atoms with Crippen LogP contribution >= 0.6 is 0 Å². The van der Waals surface area contributed by atoms with Gasteiger partial charge < -0.3 is 10.7 Å². The molecule has 0 saturated carbocycles. The summed E-state index contributed by atoms with van der Waals surface area (Å²) in [6.45, 7) is 4.85. The molecule has 1 aliphatic rings. The lowest BCUT2D eigenvalue weighted by molar-refractivity contribution is 0.159. The summed E-state index contributed by atoms with van der Waals surface area (Å²) in [6, 6.07) is 11.1. The SMILES string of the molecule is CCCCc1cnc2c(c1)CCC[C@@H]2N(CCCCN)Cc1nc2ccccc2[nH]1. The summed E-state index contributed by atoms with van der Waals surface area (Å²) >= 11 is 0. The Kier molecular flexibility index (Phi) is 7.13. The van der Waals surface area contributed by atoms with Gasteiger partial charge in [-0.25, -0.2) is 4.98 Å². The van der Waals surface area contributed by atoms with Crippen LogP contribution < -0.4 is 5.73 Å². The topological polar surface area (TPSA) is 70.8 Å². The number of nitrogens with zero attached hydrogens (tertiary/aromatic N) is 3. The van der Waals surface area contributed by atoms with Gasteiger partial charge in [0.2, 0.25) is 0 Å². The zero-order valence-electron chi connectivity index (χ0n) is 18.2. The average molecular weight is 406 g/mol. The van der Waals surface area contributed by atoms with E-state index in [1.54, 1.807) is 0 Å². The quantitative estimate of drug-likeness (QED) is 0.470. The van der Waals surface area contributed by atoms with E-state index in [0.717, 1.165) is 68.6 Å². The highest BCUT2D eigenvalue weighted by molar-refractivity contribution is 5.74. The molecule has 0 spiro atoms. The van der Waals surface area contributed by atoms with Gasteiger partial charge in [0.05, 0.1) is 29.3 Å². The standard InChI is InChI=1S/C25H35N5/c1-2-3-9-19-16-20-10-8-13-23(25(20)27-17-19)30(15-7-6-14-26)18-24-28-21-11-4-5-12-22(21)29-24/h4-5,11-12,16-17,23H,2-3,6-10,13-15,18,26H2,1H3,(H,28,29)/t23-/m0/s1. The number of nitrogens with one attached hydrogen (secondary N) is 1. The van der Waals surface area contributed by atoms with Crippen molar-refractivity contribution in [1.29, 1.82) is 0 Å². The van der Waals surface area contributed by atoms with Crippen molar-refractivity contribution < 1.29 is 0 Å². The zero-order valence-corrected chi connectivity index (χ0v) is 18.2. The largest absolute Gasteiger partial charge is 0.341 e. The molecule has 1 aliphatic carbocycles. The van der Waals surface area contributed by atoms with Crippen LogP contribution in [0.1, 0.15) is 74.1 Å². The third-order valence-corrected chi connectivity index (χ3v) is 6.25. The maximum Gasteiger partial charge on any atom is 0.121 e. The van der Waals surface area contributed by atoms with Crippen LogP contribution in [0.15, 0.2) is 36.5 Å². The number of rotatable bonds is 10. The normalized spacial score (nSPS) is 16.3. The van der Waals surface area contributed by atoms with Crippen molar-refractivity contribution in [2.24, 2.45) is 5.73 Å². The van der Waals surface area contributed by atoms with Crippen molar-refractivity contribution in [2.75, 3.05) is 13.1 Å². The number of fused-ring (bicyclic) bond motifs is 2. The van der Waals surface area contributed by atoms with E-state index in [2.05, 4.69) is 47.3 Å². The van der Waals surface area contributed by atoms with Crippen molar-refractivity contribution in [1.82, 2.24) is 19.9 Å². The molecule has 0 amide bonds. The van der Waals surface area contributed by atoms with Crippen LogP contribution in [-0.2, 0) is 19.4 Å². The van der Waals surface area contributed by atoms with E-state index in [9.17, 15) is 0 Å². The van der Waals surface area contributed by atoms with Crippen LogP contribution in [0.5, 0.6) is 0 Å². The number of aryl methyl sites for hydroxylation is 2. The molecule has 0 fully saturated rings. The van der Waals surface area contributed by atoms with Crippen LogP contribution in [0.4, 0.5) is 0 Å². The molecule has 0 radical (unpaired) electrons. The number of benzene rings is 1. The molecular formula is C25H35N5. The van der Waals surface area contributed by atoms with Crippen molar-refractivity contribution in [2.45, 2.75) is 70.9 Å². The lowest BCUT2D eigenvalue weighted by Crippen LogP contribution is -2.33. The number of para-hydroxylation sites is 2. The summed E-state index contributed by atoms with van der Waals surface area (Å²) in [7, 11) is 0. The second-order valence-corrected chi connectivity index (χ2v) is 8.57. The predicted molar refractivity (Wildman–Crippen MR) is 123 cm³/mol. The van der Waals surface area contributed by atoms with Gasteiger partial charge >= 0.3 is 0 Å². The van der Waals surface area contributed by atoms with Crippen LogP contribution in [0.25, 0.3) is 11.0 Å². The van der Waals surface area contributed by atoms with Gasteiger partial charge in [-0.3, -0.25) is 9.88 Å². The Morgan fingerprint density at radius 1 is 1.20 bits per heavy atom. The summed E-state index contributed by atoms with van der Waals surface area (Å²) in [5.41, 5.74) is 12.1. The van der Waals surface area contributed by atoms with E-state index in [-0.39, 0.29) is 0 Å². The van der Waals surface area contributed by atoms with Gasteiger partial charge in [0.25, 0.3) is 0 Å². The summed E-state index contributed by atoms with van der Waals surface area (Å²) in [4.78, 5) is 15.9. The molecule has 2 aromatic heterocycles. The van der Waals surface area contributed by atoms with Gasteiger partial charge in [-0.15, -0.1) is 0 Å². The number of hydrogen-bond acceptors (Lipinski definition) is 4. The third-order valence-electron chi connectivity index (χ3n) is 6.25. The van der Waals surface area contributed by atoms with Crippen LogP contribution in [0.3, 0.4) is 0 Å². The Balaban J connectivity index is 1.57. The number of unbranched alkanes of at least 4 members (excludes halogenated alkanes) is 2. The number of pyridine rings is 1. The highest BCUT2D eigenvalue weighted by Crippen LogP contribution is 2.34. The second kappa shape index (κ2) is 10.2. The molecule has 30 heavy (non-hydrogen) atoms. The fourth-order valence-corrected chi connectivity index (χ4v) is 4.64.